The Hall–Kier alpha value is -3.07. The van der Waals surface area contributed by atoms with Crippen LogP contribution < -0.4 is 10.6 Å². The Labute approximate surface area is 202 Å². The van der Waals surface area contributed by atoms with Crippen molar-refractivity contribution in [2.45, 2.75) is 10.6 Å². The number of pyridine rings is 2. The van der Waals surface area contributed by atoms with Gasteiger partial charge in [-0.3, -0.25) is 9.59 Å². The maximum absolute atomic E-state index is 13.5. The summed E-state index contributed by atoms with van der Waals surface area (Å²) in [7, 11) is 1.43. The molecule has 4 rings (SSSR count). The first-order chi connectivity index (χ1) is 15.7. The van der Waals surface area contributed by atoms with E-state index in [1.165, 1.54) is 19.4 Å². The molecule has 0 unspecified atom stereocenters. The first-order valence-corrected chi connectivity index (χ1v) is 11.7. The van der Waals surface area contributed by atoms with Crippen LogP contribution in [0.15, 0.2) is 42.7 Å². The van der Waals surface area contributed by atoms with E-state index >= 15 is 0 Å². The minimum absolute atomic E-state index is 0.107. The number of carbonyl (C=O) groups excluding carboxylic acids is 2. The molecule has 0 aliphatic rings. The fourth-order valence-electron chi connectivity index (χ4n) is 3.08. The van der Waals surface area contributed by atoms with E-state index in [0.717, 1.165) is 16.0 Å². The molecule has 0 spiro atoms. The van der Waals surface area contributed by atoms with Gasteiger partial charge in [0, 0.05) is 40.9 Å². The molecule has 0 atom stereocenters. The van der Waals surface area contributed by atoms with Crippen LogP contribution in [0, 0.1) is 0 Å². The Kier molecular flexibility index (Phi) is 6.34. The molecule has 33 heavy (non-hydrogen) atoms. The third kappa shape index (κ3) is 4.42. The topological polar surface area (TPSA) is 102 Å². The summed E-state index contributed by atoms with van der Waals surface area (Å²) < 4.78 is 41.7. The van der Waals surface area contributed by atoms with E-state index in [9.17, 15) is 22.8 Å². The molecular weight excluding hydrogens is 572 g/mol. The molecule has 170 valence electrons. The van der Waals surface area contributed by atoms with Gasteiger partial charge in [-0.25, -0.2) is 14.6 Å². The summed E-state index contributed by atoms with van der Waals surface area (Å²) in [4.78, 5) is 34.6. The number of nitrogens with zero attached hydrogens (tertiary/aromatic N) is 4. The minimum Gasteiger partial charge on any atom is -0.354 e. The zero-order chi connectivity index (χ0) is 23.8. The minimum atomic E-state index is -4.77. The molecule has 8 nitrogen and oxygen atoms in total. The molecule has 0 aliphatic heterocycles. The van der Waals surface area contributed by atoms with E-state index < -0.39 is 23.7 Å². The second-order valence-corrected chi connectivity index (χ2v) is 8.40. The standard InChI is InChI=1S/C20H14F3IN6O2S/c1-25-18(32)15-14(11-5-3-7-27-19(11)33-15)28-17(31)12-8-13(20(21,22)23)29-30(12)16-10(9-24)4-2-6-26-16/h2-8H,9H2,1H3,(H,25,32)(H,28,31). The molecule has 13 heteroatoms. The molecule has 4 heterocycles. The lowest BCUT2D eigenvalue weighted by atomic mass is 10.2. The summed E-state index contributed by atoms with van der Waals surface area (Å²) in [6.45, 7) is 0. The molecule has 0 aliphatic carbocycles. The van der Waals surface area contributed by atoms with Gasteiger partial charge in [0.1, 0.15) is 15.4 Å². The summed E-state index contributed by atoms with van der Waals surface area (Å²) >= 11 is 3.10. The Morgan fingerprint density at radius 1 is 1.15 bits per heavy atom. The molecule has 0 radical (unpaired) electrons. The number of rotatable bonds is 5. The second-order valence-electron chi connectivity index (χ2n) is 6.64. The Morgan fingerprint density at radius 2 is 1.88 bits per heavy atom. The Bertz CT molecular complexity index is 1370. The third-order valence-electron chi connectivity index (χ3n) is 4.58. The Balaban J connectivity index is 1.85. The predicted octanol–water partition coefficient (Wildman–Crippen LogP) is 4.44. The van der Waals surface area contributed by atoms with E-state index in [1.54, 1.807) is 24.3 Å². The van der Waals surface area contributed by atoms with Gasteiger partial charge >= 0.3 is 6.18 Å². The van der Waals surface area contributed by atoms with Crippen LogP contribution in [0.3, 0.4) is 0 Å². The highest BCUT2D eigenvalue weighted by molar-refractivity contribution is 14.1. The van der Waals surface area contributed by atoms with Gasteiger partial charge in [0.05, 0.1) is 5.69 Å². The van der Waals surface area contributed by atoms with E-state index in [2.05, 4.69) is 25.7 Å². The smallest absolute Gasteiger partial charge is 0.354 e. The van der Waals surface area contributed by atoms with Crippen molar-refractivity contribution in [2.24, 2.45) is 0 Å². The molecule has 0 saturated carbocycles. The van der Waals surface area contributed by atoms with Crippen molar-refractivity contribution in [3.8, 4) is 5.82 Å². The molecule has 0 saturated heterocycles. The quantitative estimate of drug-likeness (QED) is 0.266. The number of fused-ring (bicyclic) bond motifs is 1. The van der Waals surface area contributed by atoms with Crippen molar-refractivity contribution < 1.29 is 22.8 Å². The van der Waals surface area contributed by atoms with Gasteiger partial charge < -0.3 is 10.6 Å². The average molecular weight is 586 g/mol. The van der Waals surface area contributed by atoms with Crippen molar-refractivity contribution >= 4 is 61.6 Å². The van der Waals surface area contributed by atoms with Crippen LogP contribution in [-0.4, -0.2) is 38.6 Å². The number of halogens is 4. The van der Waals surface area contributed by atoms with Gasteiger partial charge in [-0.15, -0.1) is 11.3 Å². The monoisotopic (exact) mass is 586 g/mol. The SMILES string of the molecule is CNC(=O)c1sc2ncccc2c1NC(=O)c1cc(C(F)(F)F)nn1-c1ncccc1CI. The lowest BCUT2D eigenvalue weighted by Crippen LogP contribution is -2.22. The fourth-order valence-corrected chi connectivity index (χ4v) is 4.72. The van der Waals surface area contributed by atoms with Crippen molar-refractivity contribution in [1.29, 1.82) is 0 Å². The summed E-state index contributed by atoms with van der Waals surface area (Å²) in [5.74, 6) is -1.23. The molecule has 0 fully saturated rings. The fraction of sp³-hybridized carbons (Fsp3) is 0.150. The highest BCUT2D eigenvalue weighted by atomic mass is 127. The van der Waals surface area contributed by atoms with Gasteiger partial charge in [-0.1, -0.05) is 28.7 Å². The molecule has 0 aromatic carbocycles. The highest BCUT2D eigenvalue weighted by Crippen LogP contribution is 2.35. The predicted molar refractivity (Wildman–Crippen MR) is 125 cm³/mol. The molecule has 0 bridgehead atoms. The maximum atomic E-state index is 13.5. The van der Waals surface area contributed by atoms with E-state index in [-0.39, 0.29) is 22.1 Å². The van der Waals surface area contributed by atoms with Crippen LogP contribution in [0.5, 0.6) is 0 Å². The molecule has 2 amide bonds. The summed E-state index contributed by atoms with van der Waals surface area (Å²) in [5, 5.41) is 9.19. The lowest BCUT2D eigenvalue weighted by molar-refractivity contribution is -0.141. The number of anilines is 1. The van der Waals surface area contributed by atoms with Crippen molar-refractivity contribution in [3.05, 3.63) is 64.6 Å². The molecule has 2 N–H and O–H groups in total. The number of hydrogen-bond donors (Lipinski definition) is 2. The summed E-state index contributed by atoms with van der Waals surface area (Å²) in [6, 6.07) is 7.28. The summed E-state index contributed by atoms with van der Waals surface area (Å²) in [5.41, 5.74) is -0.858. The number of alkyl halides is 4. The van der Waals surface area contributed by atoms with Crippen molar-refractivity contribution in [1.82, 2.24) is 25.1 Å². The molecule has 4 aromatic rings. The number of carbonyl (C=O) groups is 2. The van der Waals surface area contributed by atoms with Crippen LogP contribution in [0.1, 0.15) is 31.4 Å². The largest absolute Gasteiger partial charge is 0.435 e. The number of amides is 2. The first kappa shape index (κ1) is 23.1. The first-order valence-electron chi connectivity index (χ1n) is 9.33. The highest BCUT2D eigenvalue weighted by Gasteiger charge is 2.37. The third-order valence-corrected chi connectivity index (χ3v) is 6.52. The second kappa shape index (κ2) is 9.05. The van der Waals surface area contributed by atoms with E-state index in [1.807, 2.05) is 22.6 Å². The number of thiophene rings is 1. The number of hydrogen-bond acceptors (Lipinski definition) is 6. The van der Waals surface area contributed by atoms with Crippen molar-refractivity contribution in [3.63, 3.8) is 0 Å². The maximum Gasteiger partial charge on any atom is 0.435 e. The van der Waals surface area contributed by atoms with Gasteiger partial charge in [-0.05, 0) is 18.2 Å². The Morgan fingerprint density at radius 3 is 2.58 bits per heavy atom. The van der Waals surface area contributed by atoms with E-state index in [4.69, 9.17) is 0 Å². The van der Waals surface area contributed by atoms with Gasteiger partial charge in [0.2, 0.25) is 0 Å². The van der Waals surface area contributed by atoms with Gasteiger partial charge in [-0.2, -0.15) is 18.3 Å². The van der Waals surface area contributed by atoms with Crippen LogP contribution in [0.4, 0.5) is 18.9 Å². The molecule has 4 aromatic heterocycles. The van der Waals surface area contributed by atoms with Crippen molar-refractivity contribution in [2.75, 3.05) is 12.4 Å². The average Bonchev–Trinajstić information content (AvgIpc) is 3.41. The number of nitrogens with one attached hydrogen (secondary N) is 2. The van der Waals surface area contributed by atoms with Gasteiger partial charge in [0.15, 0.2) is 11.5 Å². The van der Waals surface area contributed by atoms with Crippen LogP contribution in [-0.2, 0) is 10.6 Å². The zero-order valence-corrected chi connectivity index (χ0v) is 19.7. The lowest BCUT2D eigenvalue weighted by Gasteiger charge is -2.11. The van der Waals surface area contributed by atoms with Crippen LogP contribution in [0.2, 0.25) is 0 Å². The van der Waals surface area contributed by atoms with Crippen LogP contribution in [0.25, 0.3) is 16.0 Å². The van der Waals surface area contributed by atoms with Gasteiger partial charge in [0.25, 0.3) is 11.8 Å². The van der Waals surface area contributed by atoms with Crippen LogP contribution >= 0.6 is 33.9 Å². The molecular formula is C20H14F3IN6O2S. The van der Waals surface area contributed by atoms with E-state index in [0.29, 0.717) is 26.3 Å². The number of aromatic nitrogens is 4. The zero-order valence-electron chi connectivity index (χ0n) is 16.8. The summed E-state index contributed by atoms with van der Waals surface area (Å²) in [6.07, 6.45) is -1.83. The normalized spacial score (nSPS) is 11.5.